The lowest BCUT2D eigenvalue weighted by Gasteiger charge is -2.10. The first-order chi connectivity index (χ1) is 12.1. The predicted octanol–water partition coefficient (Wildman–Crippen LogP) is 4.41. The molecule has 0 aliphatic carbocycles. The third-order valence-electron chi connectivity index (χ3n) is 3.93. The summed E-state index contributed by atoms with van der Waals surface area (Å²) in [5.74, 6) is -0.0220. The maximum absolute atomic E-state index is 12.6. The van der Waals surface area contributed by atoms with E-state index in [-0.39, 0.29) is 5.91 Å². The van der Waals surface area contributed by atoms with Gasteiger partial charge in [-0.25, -0.2) is 0 Å². The summed E-state index contributed by atoms with van der Waals surface area (Å²) in [6.07, 6.45) is 0. The van der Waals surface area contributed by atoms with Crippen molar-refractivity contribution in [3.63, 3.8) is 0 Å². The van der Waals surface area contributed by atoms with Gasteiger partial charge in [0.1, 0.15) is 0 Å². The van der Waals surface area contributed by atoms with Crippen LogP contribution in [0.15, 0.2) is 66.0 Å². The van der Waals surface area contributed by atoms with Gasteiger partial charge in [0.05, 0.1) is 4.88 Å². The third-order valence-corrected chi connectivity index (χ3v) is 4.84. The molecule has 0 atom stereocenters. The number of carbonyl (C=O) groups excluding carboxylic acids is 1. The van der Waals surface area contributed by atoms with Crippen LogP contribution in [0.4, 0.5) is 0 Å². The van der Waals surface area contributed by atoms with Crippen molar-refractivity contribution in [3.8, 4) is 11.1 Å². The lowest BCUT2D eigenvalue weighted by Crippen LogP contribution is -2.22. The summed E-state index contributed by atoms with van der Waals surface area (Å²) in [4.78, 5) is 15.5. The quantitative estimate of drug-likeness (QED) is 0.714. The maximum atomic E-state index is 12.6. The van der Waals surface area contributed by atoms with Gasteiger partial charge in [-0.05, 0) is 42.2 Å². The zero-order chi connectivity index (χ0) is 17.6. The van der Waals surface area contributed by atoms with E-state index >= 15 is 0 Å². The van der Waals surface area contributed by atoms with Crippen LogP contribution in [0.3, 0.4) is 0 Å². The highest BCUT2D eigenvalue weighted by Gasteiger charge is 2.14. The highest BCUT2D eigenvalue weighted by atomic mass is 32.1. The summed E-state index contributed by atoms with van der Waals surface area (Å²) in [7, 11) is 4.11. The van der Waals surface area contributed by atoms with Crippen LogP contribution < -0.4 is 5.32 Å². The van der Waals surface area contributed by atoms with Crippen molar-refractivity contribution >= 4 is 17.2 Å². The van der Waals surface area contributed by atoms with Crippen LogP contribution in [0.1, 0.15) is 20.8 Å². The molecule has 3 aromatic rings. The molecule has 2 aromatic carbocycles. The SMILES string of the molecule is CN(C)Cc1ccc(CNC(=O)c2sccc2-c2ccccc2)cc1. The molecule has 0 spiro atoms. The molecule has 25 heavy (non-hydrogen) atoms. The maximum Gasteiger partial charge on any atom is 0.262 e. The van der Waals surface area contributed by atoms with Gasteiger partial charge in [0, 0.05) is 18.7 Å². The van der Waals surface area contributed by atoms with Crippen LogP contribution in [0, 0.1) is 0 Å². The van der Waals surface area contributed by atoms with Gasteiger partial charge in [0.15, 0.2) is 0 Å². The van der Waals surface area contributed by atoms with Gasteiger partial charge in [-0.2, -0.15) is 0 Å². The van der Waals surface area contributed by atoms with Crippen molar-refractivity contribution in [3.05, 3.63) is 82.0 Å². The topological polar surface area (TPSA) is 32.3 Å². The molecule has 0 saturated carbocycles. The fourth-order valence-electron chi connectivity index (χ4n) is 2.72. The minimum Gasteiger partial charge on any atom is -0.347 e. The monoisotopic (exact) mass is 350 g/mol. The van der Waals surface area contributed by atoms with Gasteiger partial charge in [-0.3, -0.25) is 4.79 Å². The Bertz CT molecular complexity index is 823. The Morgan fingerprint density at radius 3 is 2.32 bits per heavy atom. The summed E-state index contributed by atoms with van der Waals surface area (Å²) in [6, 6.07) is 20.4. The number of nitrogens with one attached hydrogen (secondary N) is 1. The molecule has 128 valence electrons. The molecule has 1 heterocycles. The summed E-state index contributed by atoms with van der Waals surface area (Å²) < 4.78 is 0. The minimum absolute atomic E-state index is 0.0220. The van der Waals surface area contributed by atoms with Crippen LogP contribution in [-0.2, 0) is 13.1 Å². The van der Waals surface area contributed by atoms with E-state index in [4.69, 9.17) is 0 Å². The molecule has 3 rings (SSSR count). The van der Waals surface area contributed by atoms with E-state index in [1.807, 2.05) is 41.8 Å². The molecule has 0 aliphatic rings. The van der Waals surface area contributed by atoms with E-state index < -0.39 is 0 Å². The number of nitrogens with zero attached hydrogens (tertiary/aromatic N) is 1. The number of hydrogen-bond acceptors (Lipinski definition) is 3. The van der Waals surface area contributed by atoms with Gasteiger partial charge in [-0.15, -0.1) is 11.3 Å². The fourth-order valence-corrected chi connectivity index (χ4v) is 3.55. The van der Waals surface area contributed by atoms with E-state index in [1.54, 1.807) is 0 Å². The predicted molar refractivity (Wildman–Crippen MR) is 105 cm³/mol. The van der Waals surface area contributed by atoms with Crippen LogP contribution in [0.2, 0.25) is 0 Å². The molecule has 0 aliphatic heterocycles. The normalized spacial score (nSPS) is 10.8. The van der Waals surface area contributed by atoms with E-state index in [1.165, 1.54) is 16.9 Å². The van der Waals surface area contributed by atoms with Crippen LogP contribution in [0.5, 0.6) is 0 Å². The van der Waals surface area contributed by atoms with Crippen LogP contribution in [0.25, 0.3) is 11.1 Å². The number of carbonyl (C=O) groups is 1. The lowest BCUT2D eigenvalue weighted by atomic mass is 10.1. The van der Waals surface area contributed by atoms with E-state index in [0.717, 1.165) is 28.1 Å². The van der Waals surface area contributed by atoms with Crippen LogP contribution in [-0.4, -0.2) is 24.9 Å². The first-order valence-electron chi connectivity index (χ1n) is 8.27. The first kappa shape index (κ1) is 17.4. The number of amides is 1. The largest absolute Gasteiger partial charge is 0.347 e. The highest BCUT2D eigenvalue weighted by Crippen LogP contribution is 2.28. The minimum atomic E-state index is -0.0220. The molecule has 0 unspecified atom stereocenters. The second-order valence-corrected chi connectivity index (χ2v) is 7.18. The number of rotatable bonds is 6. The Morgan fingerprint density at radius 2 is 1.64 bits per heavy atom. The van der Waals surface area contributed by atoms with E-state index in [9.17, 15) is 4.79 Å². The Morgan fingerprint density at radius 1 is 0.960 bits per heavy atom. The molecule has 1 aromatic heterocycles. The van der Waals surface area contributed by atoms with Gasteiger partial charge < -0.3 is 10.2 Å². The molecule has 0 bridgehead atoms. The molecule has 0 radical (unpaired) electrons. The van der Waals surface area contributed by atoms with Gasteiger partial charge in [-0.1, -0.05) is 54.6 Å². The molecule has 0 saturated heterocycles. The van der Waals surface area contributed by atoms with Crippen molar-refractivity contribution in [2.75, 3.05) is 14.1 Å². The fraction of sp³-hybridized carbons (Fsp3) is 0.190. The van der Waals surface area contributed by atoms with Gasteiger partial charge >= 0.3 is 0 Å². The van der Waals surface area contributed by atoms with E-state index in [2.05, 4.69) is 48.6 Å². The van der Waals surface area contributed by atoms with Gasteiger partial charge in [0.2, 0.25) is 0 Å². The Hall–Kier alpha value is -2.43. The standard InChI is InChI=1S/C21H22N2OS/c1-23(2)15-17-10-8-16(9-11-17)14-22-21(24)20-19(12-13-25-20)18-6-4-3-5-7-18/h3-13H,14-15H2,1-2H3,(H,22,24). The number of thiophene rings is 1. The molecule has 4 heteroatoms. The van der Waals surface area contributed by atoms with Crippen molar-refractivity contribution in [2.24, 2.45) is 0 Å². The number of hydrogen-bond donors (Lipinski definition) is 1. The average molecular weight is 350 g/mol. The molecule has 1 amide bonds. The average Bonchev–Trinajstić information content (AvgIpc) is 3.11. The summed E-state index contributed by atoms with van der Waals surface area (Å²) in [5.41, 5.74) is 4.43. The summed E-state index contributed by atoms with van der Waals surface area (Å²) in [5, 5.41) is 5.00. The molecule has 0 fully saturated rings. The Kier molecular flexibility index (Phi) is 5.64. The van der Waals surface area contributed by atoms with Crippen molar-refractivity contribution in [1.82, 2.24) is 10.2 Å². The highest BCUT2D eigenvalue weighted by molar-refractivity contribution is 7.12. The zero-order valence-corrected chi connectivity index (χ0v) is 15.3. The first-order valence-corrected chi connectivity index (χ1v) is 9.15. The smallest absolute Gasteiger partial charge is 0.262 e. The zero-order valence-electron chi connectivity index (χ0n) is 14.5. The molecule has 1 N–H and O–H groups in total. The molecule has 3 nitrogen and oxygen atoms in total. The second-order valence-electron chi connectivity index (χ2n) is 6.27. The molecular weight excluding hydrogens is 328 g/mol. The van der Waals surface area contributed by atoms with Crippen LogP contribution >= 0.6 is 11.3 Å². The summed E-state index contributed by atoms with van der Waals surface area (Å²) >= 11 is 1.48. The third kappa shape index (κ3) is 4.56. The summed E-state index contributed by atoms with van der Waals surface area (Å²) in [6.45, 7) is 1.45. The lowest BCUT2D eigenvalue weighted by molar-refractivity contribution is 0.0955. The van der Waals surface area contributed by atoms with Crippen molar-refractivity contribution in [2.45, 2.75) is 13.1 Å². The van der Waals surface area contributed by atoms with Crippen molar-refractivity contribution in [1.29, 1.82) is 0 Å². The van der Waals surface area contributed by atoms with Gasteiger partial charge in [0.25, 0.3) is 5.91 Å². The van der Waals surface area contributed by atoms with E-state index in [0.29, 0.717) is 6.54 Å². The Labute approximate surface area is 152 Å². The van der Waals surface area contributed by atoms with Crippen molar-refractivity contribution < 1.29 is 4.79 Å². The number of benzene rings is 2. The molecular formula is C21H22N2OS. The Balaban J connectivity index is 1.65. The second kappa shape index (κ2) is 8.10.